The van der Waals surface area contributed by atoms with E-state index in [0.717, 1.165) is 31.9 Å². The van der Waals surface area contributed by atoms with Crippen molar-refractivity contribution in [1.82, 2.24) is 24.3 Å². The molecule has 0 N–H and O–H groups in total. The number of imidazole rings is 1. The second-order valence-electron chi connectivity index (χ2n) is 10.3. The fourth-order valence-corrected chi connectivity index (χ4v) is 5.06. The fourth-order valence-electron chi connectivity index (χ4n) is 5.06. The third-order valence-electron chi connectivity index (χ3n) is 7.45. The van der Waals surface area contributed by atoms with Crippen LogP contribution in [0.1, 0.15) is 44.5 Å². The zero-order chi connectivity index (χ0) is 25.9. The molecule has 2 saturated heterocycles. The van der Waals surface area contributed by atoms with Crippen molar-refractivity contribution >= 4 is 17.7 Å². The van der Waals surface area contributed by atoms with Crippen molar-refractivity contribution in [2.24, 2.45) is 13.0 Å². The molecule has 194 valence electrons. The van der Waals surface area contributed by atoms with E-state index in [4.69, 9.17) is 4.74 Å². The Labute approximate surface area is 213 Å². The zero-order valence-electron chi connectivity index (χ0n) is 21.8. The van der Waals surface area contributed by atoms with E-state index in [9.17, 15) is 14.4 Å². The summed E-state index contributed by atoms with van der Waals surface area (Å²) in [5.41, 5.74) is -0.489. The summed E-state index contributed by atoms with van der Waals surface area (Å²) in [5, 5.41) is 0. The van der Waals surface area contributed by atoms with E-state index in [2.05, 4.69) is 23.7 Å². The van der Waals surface area contributed by atoms with E-state index >= 15 is 0 Å². The van der Waals surface area contributed by atoms with Gasteiger partial charge in [0.1, 0.15) is 11.6 Å². The summed E-state index contributed by atoms with van der Waals surface area (Å²) >= 11 is 0. The Morgan fingerprint density at radius 3 is 2.39 bits per heavy atom. The Hall–Kier alpha value is -3.20. The van der Waals surface area contributed by atoms with Gasteiger partial charge in [0.25, 0.3) is 0 Å². The summed E-state index contributed by atoms with van der Waals surface area (Å²) < 4.78 is 7.29. The average molecular weight is 496 g/mol. The molecule has 0 spiro atoms. The van der Waals surface area contributed by atoms with Crippen molar-refractivity contribution in [1.29, 1.82) is 0 Å². The lowest BCUT2D eigenvalue weighted by molar-refractivity contribution is -0.143. The summed E-state index contributed by atoms with van der Waals surface area (Å²) in [6.07, 6.45) is 4.46. The van der Waals surface area contributed by atoms with Gasteiger partial charge < -0.3 is 14.2 Å². The third kappa shape index (κ3) is 5.31. The number of benzene rings is 1. The molecule has 2 aliphatic rings. The van der Waals surface area contributed by atoms with Crippen LogP contribution in [0.4, 0.5) is 0 Å². The molecule has 1 atom stereocenters. The number of aromatic nitrogens is 2. The minimum atomic E-state index is -1.18. The second kappa shape index (κ2) is 10.8. The van der Waals surface area contributed by atoms with Gasteiger partial charge in [-0.15, -0.1) is 0 Å². The van der Waals surface area contributed by atoms with Crippen LogP contribution in [-0.2, 0) is 33.4 Å². The van der Waals surface area contributed by atoms with Crippen LogP contribution in [0.25, 0.3) is 0 Å². The van der Waals surface area contributed by atoms with Gasteiger partial charge in [-0.05, 0) is 30.0 Å². The molecule has 0 radical (unpaired) electrons. The van der Waals surface area contributed by atoms with Crippen molar-refractivity contribution in [3.05, 3.63) is 48.0 Å². The van der Waals surface area contributed by atoms with Crippen molar-refractivity contribution in [3.8, 4) is 5.75 Å². The highest BCUT2D eigenvalue weighted by molar-refractivity contribution is 6.10. The molecule has 9 nitrogen and oxygen atoms in total. The van der Waals surface area contributed by atoms with E-state index in [1.54, 1.807) is 25.4 Å². The Morgan fingerprint density at radius 1 is 1.11 bits per heavy atom. The topological polar surface area (TPSA) is 88.0 Å². The zero-order valence-corrected chi connectivity index (χ0v) is 21.8. The van der Waals surface area contributed by atoms with Gasteiger partial charge >= 0.3 is 0 Å². The van der Waals surface area contributed by atoms with Crippen LogP contribution < -0.4 is 4.74 Å². The van der Waals surface area contributed by atoms with Crippen LogP contribution in [0.2, 0.25) is 0 Å². The number of amides is 3. The molecule has 2 aromatic rings. The van der Waals surface area contributed by atoms with Crippen LogP contribution in [-0.4, -0.2) is 81.8 Å². The lowest BCUT2D eigenvalue weighted by atomic mass is 9.75. The number of rotatable bonds is 9. The molecule has 3 heterocycles. The maximum atomic E-state index is 13.8. The predicted octanol–water partition coefficient (Wildman–Crippen LogP) is 2.21. The molecule has 1 aromatic heterocycles. The highest BCUT2D eigenvalue weighted by Crippen LogP contribution is 2.41. The molecule has 36 heavy (non-hydrogen) atoms. The molecule has 0 unspecified atom stereocenters. The Balaban J connectivity index is 1.50. The summed E-state index contributed by atoms with van der Waals surface area (Å²) in [5.74, 6) is 1.46. The highest BCUT2D eigenvalue weighted by atomic mass is 16.5. The number of piperazine rings is 1. The van der Waals surface area contributed by atoms with E-state index in [0.29, 0.717) is 36.9 Å². The lowest BCUT2D eigenvalue weighted by Gasteiger charge is -2.36. The summed E-state index contributed by atoms with van der Waals surface area (Å²) in [7, 11) is 3.56. The van der Waals surface area contributed by atoms with Crippen molar-refractivity contribution in [3.63, 3.8) is 0 Å². The van der Waals surface area contributed by atoms with Crippen LogP contribution in [0.15, 0.2) is 36.7 Å². The SMILES string of the molecule is COc1ccc([C@]2(CC(=O)N3CCN(Cc4nccn4C)CC3)CC(=O)N(CCC(C)C)C2=O)cc1. The van der Waals surface area contributed by atoms with Gasteiger partial charge in [-0.1, -0.05) is 26.0 Å². The molecule has 9 heteroatoms. The molecule has 2 fully saturated rings. The first-order chi connectivity index (χ1) is 17.2. The maximum absolute atomic E-state index is 13.8. The van der Waals surface area contributed by atoms with Gasteiger partial charge in [-0.3, -0.25) is 24.2 Å². The molecule has 0 aliphatic carbocycles. The van der Waals surface area contributed by atoms with Crippen molar-refractivity contribution in [2.45, 2.75) is 45.1 Å². The minimum absolute atomic E-state index is 0.0125. The lowest BCUT2D eigenvalue weighted by Crippen LogP contribution is -2.50. The molecular weight excluding hydrogens is 458 g/mol. The van der Waals surface area contributed by atoms with E-state index in [1.807, 2.05) is 34.8 Å². The van der Waals surface area contributed by atoms with Crippen molar-refractivity contribution < 1.29 is 19.1 Å². The molecule has 0 bridgehead atoms. The average Bonchev–Trinajstić information content (AvgIpc) is 3.37. The van der Waals surface area contributed by atoms with Gasteiger partial charge in [0.05, 0.1) is 19.1 Å². The molecular formula is C27H37N5O4. The van der Waals surface area contributed by atoms with Gasteiger partial charge in [-0.25, -0.2) is 4.98 Å². The smallest absolute Gasteiger partial charge is 0.240 e. The van der Waals surface area contributed by atoms with Gasteiger partial charge in [0.15, 0.2) is 0 Å². The largest absolute Gasteiger partial charge is 0.497 e. The van der Waals surface area contributed by atoms with Gasteiger partial charge in [0, 0.05) is 65.0 Å². The number of imide groups is 1. The van der Waals surface area contributed by atoms with Crippen LogP contribution in [0, 0.1) is 5.92 Å². The van der Waals surface area contributed by atoms with E-state index in [-0.39, 0.29) is 30.6 Å². The maximum Gasteiger partial charge on any atom is 0.240 e. The quantitative estimate of drug-likeness (QED) is 0.496. The molecule has 0 saturated carbocycles. The normalized spacial score (nSPS) is 21.0. The first kappa shape index (κ1) is 25.9. The van der Waals surface area contributed by atoms with Gasteiger partial charge in [-0.2, -0.15) is 0 Å². The van der Waals surface area contributed by atoms with Crippen LogP contribution in [0.5, 0.6) is 5.75 Å². The number of methoxy groups -OCH3 is 1. The first-order valence-corrected chi connectivity index (χ1v) is 12.7. The second-order valence-corrected chi connectivity index (χ2v) is 10.3. The first-order valence-electron chi connectivity index (χ1n) is 12.7. The van der Waals surface area contributed by atoms with Gasteiger partial charge in [0.2, 0.25) is 17.7 Å². The number of aryl methyl sites for hydroxylation is 1. The highest BCUT2D eigenvalue weighted by Gasteiger charge is 2.54. The van der Waals surface area contributed by atoms with E-state index in [1.165, 1.54) is 4.90 Å². The van der Waals surface area contributed by atoms with Crippen LogP contribution >= 0.6 is 0 Å². The number of nitrogens with zero attached hydrogens (tertiary/aromatic N) is 5. The Kier molecular flexibility index (Phi) is 7.78. The molecule has 2 aliphatic heterocycles. The van der Waals surface area contributed by atoms with E-state index < -0.39 is 5.41 Å². The monoisotopic (exact) mass is 495 g/mol. The number of ether oxygens (including phenoxy) is 1. The van der Waals surface area contributed by atoms with Crippen LogP contribution in [0.3, 0.4) is 0 Å². The molecule has 4 rings (SSSR count). The fraction of sp³-hybridized carbons (Fsp3) is 0.556. The number of hydrogen-bond acceptors (Lipinski definition) is 6. The summed E-state index contributed by atoms with van der Waals surface area (Å²) in [6.45, 7) is 7.90. The molecule has 1 aromatic carbocycles. The summed E-state index contributed by atoms with van der Waals surface area (Å²) in [6, 6.07) is 7.20. The number of carbonyl (C=O) groups excluding carboxylic acids is 3. The minimum Gasteiger partial charge on any atom is -0.497 e. The molecule has 3 amide bonds. The number of likely N-dealkylation sites (tertiary alicyclic amines) is 1. The summed E-state index contributed by atoms with van der Waals surface area (Å²) in [4.78, 5) is 50.2. The van der Waals surface area contributed by atoms with Crippen molar-refractivity contribution in [2.75, 3.05) is 39.8 Å². The standard InChI is InChI=1S/C27H37N5O4/c1-20(2)9-11-32-25(34)18-27(26(32)35,21-5-7-22(36-4)8-6-21)17-24(33)31-15-13-30(14-16-31)19-23-28-10-12-29(23)3/h5-8,10,12,20H,9,11,13-19H2,1-4H3/t27-/m0/s1. The Morgan fingerprint density at radius 2 is 1.81 bits per heavy atom. The number of hydrogen-bond donors (Lipinski definition) is 0. The number of carbonyl (C=O) groups is 3. The third-order valence-corrected chi connectivity index (χ3v) is 7.45. The predicted molar refractivity (Wildman–Crippen MR) is 135 cm³/mol. The Bertz CT molecular complexity index is 1090.